The Morgan fingerprint density at radius 3 is 2.50 bits per heavy atom. The lowest BCUT2D eigenvalue weighted by Crippen LogP contribution is -2.23. The highest BCUT2D eigenvalue weighted by atomic mass is 32.2. The first-order chi connectivity index (χ1) is 13.4. The van der Waals surface area contributed by atoms with Crippen molar-refractivity contribution < 1.29 is 9.53 Å². The van der Waals surface area contributed by atoms with Crippen LogP contribution in [-0.4, -0.2) is 33.0 Å². The molecule has 1 N–H and O–H groups in total. The Balaban J connectivity index is 1.70. The van der Waals surface area contributed by atoms with Crippen LogP contribution in [0.1, 0.15) is 18.1 Å². The van der Waals surface area contributed by atoms with Crippen molar-refractivity contribution in [1.82, 2.24) is 14.8 Å². The van der Waals surface area contributed by atoms with Crippen LogP contribution in [0.15, 0.2) is 47.6 Å². The summed E-state index contributed by atoms with van der Waals surface area (Å²) in [5.41, 5.74) is 3.99. The predicted octanol–water partition coefficient (Wildman–Crippen LogP) is 4.23. The summed E-state index contributed by atoms with van der Waals surface area (Å²) < 4.78 is 7.09. The number of nitrogens with zero attached hydrogens (tertiary/aromatic N) is 3. The van der Waals surface area contributed by atoms with E-state index in [1.54, 1.807) is 7.11 Å². The molecular weight excluding hydrogens is 372 g/mol. The number of amides is 1. The SMILES string of the molecule is COc1ccc(-c2nnc(S[C@@H](C)C(=O)Nc3ccc(C)cc3C)n2C)cc1. The van der Waals surface area contributed by atoms with Gasteiger partial charge in [-0.1, -0.05) is 29.5 Å². The number of anilines is 1. The van der Waals surface area contributed by atoms with Crippen molar-refractivity contribution in [2.24, 2.45) is 7.05 Å². The van der Waals surface area contributed by atoms with E-state index < -0.39 is 0 Å². The smallest absolute Gasteiger partial charge is 0.237 e. The largest absolute Gasteiger partial charge is 0.497 e. The van der Waals surface area contributed by atoms with Crippen LogP contribution < -0.4 is 10.1 Å². The number of benzene rings is 2. The van der Waals surface area contributed by atoms with Crippen LogP contribution in [0.2, 0.25) is 0 Å². The predicted molar refractivity (Wildman–Crippen MR) is 113 cm³/mol. The van der Waals surface area contributed by atoms with Crippen molar-refractivity contribution in [3.8, 4) is 17.1 Å². The van der Waals surface area contributed by atoms with Crippen LogP contribution in [0.3, 0.4) is 0 Å². The minimum atomic E-state index is -0.313. The van der Waals surface area contributed by atoms with Crippen LogP contribution in [0.5, 0.6) is 5.75 Å². The van der Waals surface area contributed by atoms with E-state index in [-0.39, 0.29) is 11.2 Å². The second-order valence-electron chi connectivity index (χ2n) is 6.66. The molecule has 1 heterocycles. The molecule has 2 aromatic carbocycles. The molecule has 0 saturated carbocycles. The molecular formula is C21H24N4O2S. The van der Waals surface area contributed by atoms with Gasteiger partial charge < -0.3 is 14.6 Å². The topological polar surface area (TPSA) is 69.0 Å². The number of ether oxygens (including phenoxy) is 1. The molecule has 0 aliphatic carbocycles. The monoisotopic (exact) mass is 396 g/mol. The summed E-state index contributed by atoms with van der Waals surface area (Å²) in [6.07, 6.45) is 0. The van der Waals surface area contributed by atoms with Gasteiger partial charge >= 0.3 is 0 Å². The van der Waals surface area contributed by atoms with Crippen molar-refractivity contribution in [3.63, 3.8) is 0 Å². The van der Waals surface area contributed by atoms with E-state index in [0.29, 0.717) is 5.16 Å². The van der Waals surface area contributed by atoms with E-state index in [0.717, 1.165) is 28.4 Å². The molecule has 0 bridgehead atoms. The van der Waals surface area contributed by atoms with E-state index in [1.807, 2.05) is 68.8 Å². The molecule has 1 amide bonds. The normalized spacial score (nSPS) is 11.9. The minimum Gasteiger partial charge on any atom is -0.497 e. The molecule has 0 unspecified atom stereocenters. The molecule has 6 nitrogen and oxygen atoms in total. The summed E-state index contributed by atoms with van der Waals surface area (Å²) in [5, 5.41) is 11.9. The number of carbonyl (C=O) groups is 1. The molecule has 0 spiro atoms. The molecule has 146 valence electrons. The molecule has 0 saturated heterocycles. The van der Waals surface area contributed by atoms with E-state index >= 15 is 0 Å². The number of rotatable bonds is 6. The third-order valence-corrected chi connectivity index (χ3v) is 5.61. The number of carbonyl (C=O) groups excluding carboxylic acids is 1. The Hall–Kier alpha value is -2.80. The Kier molecular flexibility index (Phi) is 6.04. The standard InChI is InChI=1S/C21H24N4O2S/c1-13-6-11-18(14(2)12-13)22-20(26)15(3)28-21-24-23-19(25(21)4)16-7-9-17(27-5)10-8-16/h6-12,15H,1-5H3,(H,22,26)/t15-/m0/s1. The maximum absolute atomic E-state index is 12.6. The Bertz CT molecular complexity index is 983. The lowest BCUT2D eigenvalue weighted by molar-refractivity contribution is -0.115. The first-order valence-electron chi connectivity index (χ1n) is 8.97. The fourth-order valence-corrected chi connectivity index (χ4v) is 3.62. The summed E-state index contributed by atoms with van der Waals surface area (Å²) in [5.74, 6) is 1.47. The van der Waals surface area contributed by atoms with Crippen molar-refractivity contribution in [2.75, 3.05) is 12.4 Å². The van der Waals surface area contributed by atoms with Gasteiger partial charge in [-0.3, -0.25) is 4.79 Å². The molecule has 3 aromatic rings. The average molecular weight is 397 g/mol. The molecule has 0 fully saturated rings. The zero-order valence-electron chi connectivity index (χ0n) is 16.7. The van der Waals surface area contributed by atoms with Gasteiger partial charge in [-0.05, 0) is 56.7 Å². The highest BCUT2D eigenvalue weighted by Gasteiger charge is 2.20. The van der Waals surface area contributed by atoms with E-state index in [2.05, 4.69) is 21.6 Å². The van der Waals surface area contributed by atoms with Gasteiger partial charge in [0.05, 0.1) is 12.4 Å². The molecule has 7 heteroatoms. The first kappa shape index (κ1) is 19.9. The number of aryl methyl sites for hydroxylation is 2. The van der Waals surface area contributed by atoms with Gasteiger partial charge in [-0.15, -0.1) is 10.2 Å². The van der Waals surface area contributed by atoms with Crippen LogP contribution in [-0.2, 0) is 11.8 Å². The van der Waals surface area contributed by atoms with Crippen molar-refractivity contribution >= 4 is 23.4 Å². The van der Waals surface area contributed by atoms with Gasteiger partial charge in [0.15, 0.2) is 11.0 Å². The lowest BCUT2D eigenvalue weighted by atomic mass is 10.1. The molecule has 0 aliphatic heterocycles. The molecule has 1 aromatic heterocycles. The third kappa shape index (κ3) is 4.36. The Morgan fingerprint density at radius 2 is 1.86 bits per heavy atom. The number of thioether (sulfide) groups is 1. The van der Waals surface area contributed by atoms with E-state index in [4.69, 9.17) is 4.74 Å². The number of hydrogen-bond donors (Lipinski definition) is 1. The van der Waals surface area contributed by atoms with Crippen LogP contribution >= 0.6 is 11.8 Å². The summed E-state index contributed by atoms with van der Waals surface area (Å²) in [7, 11) is 3.53. The summed E-state index contributed by atoms with van der Waals surface area (Å²) in [4.78, 5) is 12.6. The quantitative estimate of drug-likeness (QED) is 0.632. The van der Waals surface area contributed by atoms with Gasteiger partial charge in [-0.2, -0.15) is 0 Å². The van der Waals surface area contributed by atoms with Gasteiger partial charge in [0.2, 0.25) is 5.91 Å². The number of nitrogens with one attached hydrogen (secondary N) is 1. The fraction of sp³-hybridized carbons (Fsp3) is 0.286. The minimum absolute atomic E-state index is 0.0639. The maximum Gasteiger partial charge on any atom is 0.237 e. The lowest BCUT2D eigenvalue weighted by Gasteiger charge is -2.13. The molecule has 3 rings (SSSR count). The Labute approximate surface area is 169 Å². The van der Waals surface area contributed by atoms with Crippen molar-refractivity contribution in [1.29, 1.82) is 0 Å². The zero-order chi connectivity index (χ0) is 20.3. The van der Waals surface area contributed by atoms with Crippen molar-refractivity contribution in [2.45, 2.75) is 31.2 Å². The van der Waals surface area contributed by atoms with Gasteiger partial charge in [0, 0.05) is 18.3 Å². The summed E-state index contributed by atoms with van der Waals surface area (Å²) >= 11 is 1.38. The molecule has 0 aliphatic rings. The Morgan fingerprint density at radius 1 is 1.14 bits per heavy atom. The molecule has 0 radical (unpaired) electrons. The van der Waals surface area contributed by atoms with Crippen LogP contribution in [0.25, 0.3) is 11.4 Å². The zero-order valence-corrected chi connectivity index (χ0v) is 17.5. The number of hydrogen-bond acceptors (Lipinski definition) is 5. The third-order valence-electron chi connectivity index (χ3n) is 4.47. The molecule has 28 heavy (non-hydrogen) atoms. The van der Waals surface area contributed by atoms with Crippen LogP contribution in [0.4, 0.5) is 5.69 Å². The van der Waals surface area contributed by atoms with Gasteiger partial charge in [0.1, 0.15) is 5.75 Å². The van der Waals surface area contributed by atoms with Gasteiger partial charge in [-0.25, -0.2) is 0 Å². The number of aromatic nitrogens is 3. The second kappa shape index (κ2) is 8.48. The van der Waals surface area contributed by atoms with Crippen LogP contribution in [0, 0.1) is 13.8 Å². The van der Waals surface area contributed by atoms with Gasteiger partial charge in [0.25, 0.3) is 0 Å². The second-order valence-corrected chi connectivity index (χ2v) is 7.97. The summed E-state index contributed by atoms with van der Waals surface area (Å²) in [6.45, 7) is 5.89. The number of methoxy groups -OCH3 is 1. The maximum atomic E-state index is 12.6. The van der Waals surface area contributed by atoms with E-state index in [9.17, 15) is 4.79 Å². The highest BCUT2D eigenvalue weighted by Crippen LogP contribution is 2.27. The summed E-state index contributed by atoms with van der Waals surface area (Å²) in [6, 6.07) is 13.6. The average Bonchev–Trinajstić information content (AvgIpc) is 3.04. The fourth-order valence-electron chi connectivity index (χ4n) is 2.81. The van der Waals surface area contributed by atoms with E-state index in [1.165, 1.54) is 17.3 Å². The first-order valence-corrected chi connectivity index (χ1v) is 9.85. The highest BCUT2D eigenvalue weighted by molar-refractivity contribution is 8.00. The van der Waals surface area contributed by atoms with Crippen molar-refractivity contribution in [3.05, 3.63) is 53.6 Å². The molecule has 1 atom stereocenters.